The lowest BCUT2D eigenvalue weighted by atomic mass is 9.70. The third-order valence-electron chi connectivity index (χ3n) is 8.91. The number of benzene rings is 2. The molecular formula is C32H36N6O4S. The van der Waals surface area contributed by atoms with Gasteiger partial charge in [-0.05, 0) is 43.5 Å². The molecule has 4 heterocycles. The van der Waals surface area contributed by atoms with E-state index in [-0.39, 0.29) is 49.3 Å². The van der Waals surface area contributed by atoms with Gasteiger partial charge >= 0.3 is 0 Å². The highest BCUT2D eigenvalue weighted by Gasteiger charge is 2.74. The van der Waals surface area contributed by atoms with Crippen molar-refractivity contribution in [2.24, 2.45) is 11.8 Å². The molecule has 0 saturated carbocycles. The molecule has 224 valence electrons. The zero-order valence-electron chi connectivity index (χ0n) is 24.0. The normalized spacial score (nSPS) is 25.6. The van der Waals surface area contributed by atoms with Gasteiger partial charge in [-0.25, -0.2) is 4.68 Å². The highest BCUT2D eigenvalue weighted by Crippen LogP contribution is 2.66. The van der Waals surface area contributed by atoms with Gasteiger partial charge in [-0.1, -0.05) is 47.7 Å². The number of carbonyl (C=O) groups excluding carboxylic acids is 3. The summed E-state index contributed by atoms with van der Waals surface area (Å²) < 4.78 is 0.939. The molecule has 5 atom stereocenters. The van der Waals surface area contributed by atoms with Crippen LogP contribution in [0.5, 0.6) is 0 Å². The Kier molecular flexibility index (Phi) is 8.11. The number of likely N-dealkylation sites (tertiary alicyclic amines) is 1. The van der Waals surface area contributed by atoms with Crippen molar-refractivity contribution in [3.63, 3.8) is 0 Å². The lowest BCUT2D eigenvalue weighted by molar-refractivity contribution is -0.143. The summed E-state index contributed by atoms with van der Waals surface area (Å²) in [5.41, 5.74) is 2.27. The zero-order chi connectivity index (χ0) is 30.1. The van der Waals surface area contributed by atoms with Gasteiger partial charge in [0.15, 0.2) is 0 Å². The number of nitrogens with zero attached hydrogens (tertiary/aromatic N) is 6. The standard InChI is InChI=1S/C32H36N6O4S/c1-3-17-35(21-38-24-14-9-8-13-23(24)33-34-38)31(42)28-32-16-15-25(43-32)26(27(32)30(41)37(28)19-10-20-39)29(40)36(18-4-2)22-11-6-5-7-12-22/h3-9,11-14,25-28,39H,1-2,10,15-21H2/t25-,26+,27-,28?,32?/m0/s1. The predicted molar refractivity (Wildman–Crippen MR) is 166 cm³/mol. The van der Waals surface area contributed by atoms with E-state index in [4.69, 9.17) is 0 Å². The van der Waals surface area contributed by atoms with Gasteiger partial charge in [0.2, 0.25) is 17.7 Å². The third-order valence-corrected chi connectivity index (χ3v) is 10.9. The highest BCUT2D eigenvalue weighted by molar-refractivity contribution is 8.02. The van der Waals surface area contributed by atoms with Gasteiger partial charge in [0.05, 0.1) is 22.1 Å². The molecule has 10 nitrogen and oxygen atoms in total. The van der Waals surface area contributed by atoms with Gasteiger partial charge in [0.25, 0.3) is 0 Å². The first kappa shape index (κ1) is 29.1. The Labute approximate surface area is 255 Å². The Morgan fingerprint density at radius 1 is 1.07 bits per heavy atom. The number of fused-ring (bicyclic) bond motifs is 2. The van der Waals surface area contributed by atoms with E-state index in [1.54, 1.807) is 43.3 Å². The maximum atomic E-state index is 14.6. The molecule has 0 aliphatic carbocycles. The molecule has 1 aromatic heterocycles. The van der Waals surface area contributed by atoms with Crippen LogP contribution in [0.15, 0.2) is 79.9 Å². The fourth-order valence-electron chi connectivity index (χ4n) is 7.16. The molecule has 3 aromatic rings. The van der Waals surface area contributed by atoms with Crippen LogP contribution in [0.1, 0.15) is 19.3 Å². The summed E-state index contributed by atoms with van der Waals surface area (Å²) in [5.74, 6) is -1.70. The average molecular weight is 601 g/mol. The van der Waals surface area contributed by atoms with Gasteiger partial charge in [-0.2, -0.15) is 0 Å². The number of hydrogen-bond acceptors (Lipinski definition) is 7. The summed E-state index contributed by atoms with van der Waals surface area (Å²) in [5, 5.41) is 18.1. The van der Waals surface area contributed by atoms with E-state index in [1.165, 1.54) is 0 Å². The van der Waals surface area contributed by atoms with Gasteiger partial charge < -0.3 is 19.8 Å². The summed E-state index contributed by atoms with van der Waals surface area (Å²) in [7, 11) is 0. The number of aliphatic hydroxyl groups is 1. The molecule has 1 N–H and O–H groups in total. The summed E-state index contributed by atoms with van der Waals surface area (Å²) >= 11 is 1.63. The van der Waals surface area contributed by atoms with Gasteiger partial charge in [-0.3, -0.25) is 14.4 Å². The minimum absolute atomic E-state index is 0.0696. The van der Waals surface area contributed by atoms with Crippen LogP contribution < -0.4 is 4.90 Å². The summed E-state index contributed by atoms with van der Waals surface area (Å²) in [6, 6.07) is 16.2. The Morgan fingerprint density at radius 2 is 1.81 bits per heavy atom. The molecule has 3 saturated heterocycles. The Balaban J connectivity index is 1.36. The van der Waals surface area contributed by atoms with E-state index in [0.29, 0.717) is 19.4 Å². The lowest BCUT2D eigenvalue weighted by Crippen LogP contribution is -2.55. The minimum atomic E-state index is -0.774. The van der Waals surface area contributed by atoms with Crippen LogP contribution in [0.25, 0.3) is 11.0 Å². The molecule has 6 rings (SSSR count). The average Bonchev–Trinajstić information content (AvgIpc) is 3.78. The molecule has 2 aromatic carbocycles. The van der Waals surface area contributed by atoms with Crippen LogP contribution in [0.3, 0.4) is 0 Å². The molecule has 3 aliphatic heterocycles. The molecule has 3 amide bonds. The van der Waals surface area contributed by atoms with E-state index in [0.717, 1.165) is 23.1 Å². The molecule has 3 fully saturated rings. The quantitative estimate of drug-likeness (QED) is 0.318. The lowest BCUT2D eigenvalue weighted by Gasteiger charge is -2.37. The Bertz CT molecular complexity index is 1540. The molecular weight excluding hydrogens is 564 g/mol. The van der Waals surface area contributed by atoms with Crippen molar-refractivity contribution in [1.29, 1.82) is 0 Å². The first-order chi connectivity index (χ1) is 20.9. The number of thioether (sulfide) groups is 1. The van der Waals surface area contributed by atoms with Crippen molar-refractivity contribution in [3.8, 4) is 0 Å². The minimum Gasteiger partial charge on any atom is -0.396 e. The first-order valence-electron chi connectivity index (χ1n) is 14.7. The van der Waals surface area contributed by atoms with Crippen molar-refractivity contribution in [2.45, 2.75) is 42.0 Å². The van der Waals surface area contributed by atoms with E-state index in [2.05, 4.69) is 23.5 Å². The molecule has 2 bridgehead atoms. The number of para-hydroxylation sites is 2. The van der Waals surface area contributed by atoms with Crippen LogP contribution in [0.2, 0.25) is 0 Å². The van der Waals surface area contributed by atoms with Crippen molar-refractivity contribution < 1.29 is 19.5 Å². The van der Waals surface area contributed by atoms with Gasteiger partial charge in [0, 0.05) is 37.2 Å². The third kappa shape index (κ3) is 4.84. The SMILES string of the molecule is C=CCN(Cn1nnc2ccccc21)C(=O)C1N(CCCO)C(=O)[C@@H]2[C@H](C(=O)N(CC=C)c3ccccc3)[C@@H]3CCC12S3. The number of hydrogen-bond donors (Lipinski definition) is 1. The Morgan fingerprint density at radius 3 is 2.56 bits per heavy atom. The van der Waals surface area contributed by atoms with E-state index in [9.17, 15) is 19.5 Å². The molecule has 11 heteroatoms. The fourth-order valence-corrected chi connectivity index (χ4v) is 9.37. The summed E-state index contributed by atoms with van der Waals surface area (Å²) in [6.45, 7) is 8.59. The van der Waals surface area contributed by atoms with Crippen LogP contribution in [0.4, 0.5) is 5.69 Å². The van der Waals surface area contributed by atoms with Gasteiger partial charge in [-0.15, -0.1) is 30.0 Å². The molecule has 3 aliphatic rings. The summed E-state index contributed by atoms with van der Waals surface area (Å²) in [6.07, 6.45) is 5.11. The number of rotatable bonds is 12. The molecule has 0 radical (unpaired) electrons. The van der Waals surface area contributed by atoms with Crippen molar-refractivity contribution in [1.82, 2.24) is 24.8 Å². The van der Waals surface area contributed by atoms with Crippen molar-refractivity contribution in [3.05, 3.63) is 79.9 Å². The molecule has 1 spiro atoms. The largest absolute Gasteiger partial charge is 0.396 e. The first-order valence-corrected chi connectivity index (χ1v) is 15.6. The topological polar surface area (TPSA) is 112 Å². The maximum absolute atomic E-state index is 14.6. The fraction of sp³-hybridized carbons (Fsp3) is 0.406. The smallest absolute Gasteiger partial charge is 0.248 e. The monoisotopic (exact) mass is 600 g/mol. The zero-order valence-corrected chi connectivity index (χ0v) is 24.8. The van der Waals surface area contributed by atoms with Crippen molar-refractivity contribution in [2.75, 3.05) is 31.1 Å². The summed E-state index contributed by atoms with van der Waals surface area (Å²) in [4.78, 5) is 48.2. The van der Waals surface area contributed by atoms with Crippen LogP contribution in [0, 0.1) is 11.8 Å². The molecule has 43 heavy (non-hydrogen) atoms. The van der Waals surface area contributed by atoms with E-state index in [1.807, 2.05) is 54.6 Å². The van der Waals surface area contributed by atoms with Gasteiger partial charge in [0.1, 0.15) is 18.2 Å². The number of anilines is 1. The second-order valence-corrected chi connectivity index (χ2v) is 12.9. The second-order valence-electron chi connectivity index (χ2n) is 11.3. The Hall–Kier alpha value is -3.96. The second kappa shape index (κ2) is 12.0. The number of amides is 3. The molecule has 2 unspecified atom stereocenters. The van der Waals surface area contributed by atoms with Crippen LogP contribution >= 0.6 is 11.8 Å². The van der Waals surface area contributed by atoms with E-state index >= 15 is 0 Å². The number of aliphatic hydroxyl groups excluding tert-OH is 1. The highest BCUT2D eigenvalue weighted by atomic mass is 32.2. The van der Waals surface area contributed by atoms with E-state index < -0.39 is 22.6 Å². The van der Waals surface area contributed by atoms with Crippen molar-refractivity contribution >= 4 is 46.2 Å². The van der Waals surface area contributed by atoms with Crippen LogP contribution in [-0.4, -0.2) is 89.9 Å². The maximum Gasteiger partial charge on any atom is 0.248 e. The number of carbonyl (C=O) groups is 3. The number of aromatic nitrogens is 3. The van der Waals surface area contributed by atoms with Crippen LogP contribution in [-0.2, 0) is 21.1 Å². The predicted octanol–water partition coefficient (Wildman–Crippen LogP) is 3.10.